The molecular formula is C11H22N2O4S. The smallest absolute Gasteiger partial charge is 0.240 e. The lowest BCUT2D eigenvalue weighted by Gasteiger charge is -2.23. The van der Waals surface area contributed by atoms with E-state index in [-0.39, 0.29) is 12.5 Å². The van der Waals surface area contributed by atoms with Crippen LogP contribution in [0.15, 0.2) is 0 Å². The van der Waals surface area contributed by atoms with E-state index in [1.54, 1.807) is 4.90 Å². The summed E-state index contributed by atoms with van der Waals surface area (Å²) in [6.45, 7) is 4.77. The molecule has 0 radical (unpaired) electrons. The summed E-state index contributed by atoms with van der Waals surface area (Å²) >= 11 is 0. The second-order valence-electron chi connectivity index (χ2n) is 4.72. The van der Waals surface area contributed by atoms with Crippen LogP contribution in [0, 0.1) is 0 Å². The second-order valence-corrected chi connectivity index (χ2v) is 7.08. The van der Waals surface area contributed by atoms with Crippen molar-refractivity contribution >= 4 is 15.7 Å². The standard InChI is InChI=1S/C11H22N2O4S/c1-10(18(2,16)17)11(15)13-5-3-4-12(6-7-13)8-9-14/h10,14H,3-9H2,1-2H3. The molecule has 7 heteroatoms. The lowest BCUT2D eigenvalue weighted by molar-refractivity contribution is -0.130. The van der Waals surface area contributed by atoms with Gasteiger partial charge in [-0.25, -0.2) is 8.42 Å². The molecule has 1 aliphatic rings. The highest BCUT2D eigenvalue weighted by Crippen LogP contribution is 2.08. The Hall–Kier alpha value is -0.660. The average Bonchev–Trinajstić information content (AvgIpc) is 2.52. The minimum absolute atomic E-state index is 0.105. The number of hydrogen-bond donors (Lipinski definition) is 1. The first-order valence-corrected chi connectivity index (χ1v) is 8.12. The van der Waals surface area contributed by atoms with Gasteiger partial charge in [0.1, 0.15) is 5.25 Å². The van der Waals surface area contributed by atoms with E-state index < -0.39 is 15.1 Å². The number of β-amino-alcohol motifs (C(OH)–C–C–N with tert-alkyl or cyclic N) is 1. The summed E-state index contributed by atoms with van der Waals surface area (Å²) in [6.07, 6.45) is 1.90. The van der Waals surface area contributed by atoms with Crippen molar-refractivity contribution in [3.05, 3.63) is 0 Å². The summed E-state index contributed by atoms with van der Waals surface area (Å²) in [4.78, 5) is 15.7. The van der Waals surface area contributed by atoms with E-state index in [0.717, 1.165) is 19.2 Å². The fourth-order valence-corrected chi connectivity index (χ4v) is 2.51. The number of sulfone groups is 1. The number of rotatable bonds is 4. The molecule has 18 heavy (non-hydrogen) atoms. The van der Waals surface area contributed by atoms with Gasteiger partial charge in [-0.15, -0.1) is 0 Å². The van der Waals surface area contributed by atoms with Gasteiger partial charge in [-0.05, 0) is 19.9 Å². The minimum atomic E-state index is -3.33. The maximum atomic E-state index is 12.0. The number of amides is 1. The number of aliphatic hydroxyl groups excluding tert-OH is 1. The molecule has 1 amide bonds. The van der Waals surface area contributed by atoms with Crippen molar-refractivity contribution in [1.29, 1.82) is 0 Å². The first-order valence-electron chi connectivity index (χ1n) is 6.17. The van der Waals surface area contributed by atoms with Gasteiger partial charge >= 0.3 is 0 Å². The Labute approximate surface area is 108 Å². The van der Waals surface area contributed by atoms with Gasteiger partial charge < -0.3 is 10.0 Å². The lowest BCUT2D eigenvalue weighted by Crippen LogP contribution is -2.43. The number of aliphatic hydroxyl groups is 1. The molecule has 0 aliphatic carbocycles. The number of carbonyl (C=O) groups excluding carboxylic acids is 1. The number of carbonyl (C=O) groups is 1. The average molecular weight is 278 g/mol. The van der Waals surface area contributed by atoms with Gasteiger partial charge in [-0.2, -0.15) is 0 Å². The van der Waals surface area contributed by atoms with Crippen LogP contribution in [0.4, 0.5) is 0 Å². The van der Waals surface area contributed by atoms with Crippen molar-refractivity contribution in [3.63, 3.8) is 0 Å². The molecule has 1 atom stereocenters. The third kappa shape index (κ3) is 4.22. The van der Waals surface area contributed by atoms with E-state index >= 15 is 0 Å². The van der Waals surface area contributed by atoms with Gasteiger partial charge in [0.15, 0.2) is 9.84 Å². The molecule has 0 spiro atoms. The summed E-state index contributed by atoms with van der Waals surface area (Å²) in [6, 6.07) is 0. The van der Waals surface area contributed by atoms with E-state index in [2.05, 4.69) is 4.90 Å². The van der Waals surface area contributed by atoms with E-state index in [1.807, 2.05) is 0 Å². The summed E-state index contributed by atoms with van der Waals surface area (Å²) in [5.41, 5.74) is 0. The van der Waals surface area contributed by atoms with Crippen LogP contribution in [0.25, 0.3) is 0 Å². The molecule has 0 aromatic carbocycles. The Morgan fingerprint density at radius 1 is 1.28 bits per heavy atom. The highest BCUT2D eigenvalue weighted by atomic mass is 32.2. The predicted octanol–water partition coefficient (Wildman–Crippen LogP) is -1.05. The SMILES string of the molecule is CC(C(=O)N1CCCN(CCO)CC1)S(C)(=O)=O. The van der Waals surface area contributed by atoms with Gasteiger partial charge in [0, 0.05) is 32.4 Å². The van der Waals surface area contributed by atoms with Crippen LogP contribution in [-0.4, -0.2) is 80.1 Å². The van der Waals surface area contributed by atoms with E-state index in [4.69, 9.17) is 5.11 Å². The van der Waals surface area contributed by atoms with Gasteiger partial charge in [0.05, 0.1) is 6.61 Å². The Kier molecular flexibility index (Phi) is 5.55. The maximum absolute atomic E-state index is 12.0. The molecule has 6 nitrogen and oxygen atoms in total. The molecule has 0 saturated carbocycles. The number of hydrogen-bond acceptors (Lipinski definition) is 5. The van der Waals surface area contributed by atoms with E-state index in [0.29, 0.717) is 26.2 Å². The summed E-state index contributed by atoms with van der Waals surface area (Å²) in [7, 11) is -3.33. The summed E-state index contributed by atoms with van der Waals surface area (Å²) < 4.78 is 22.8. The first kappa shape index (κ1) is 15.4. The molecule has 1 N–H and O–H groups in total. The van der Waals surface area contributed by atoms with Crippen LogP contribution in [0.1, 0.15) is 13.3 Å². The minimum Gasteiger partial charge on any atom is -0.395 e. The largest absolute Gasteiger partial charge is 0.395 e. The van der Waals surface area contributed by atoms with Crippen molar-refractivity contribution in [2.45, 2.75) is 18.6 Å². The Morgan fingerprint density at radius 2 is 1.94 bits per heavy atom. The fraction of sp³-hybridized carbons (Fsp3) is 0.909. The normalized spacial score (nSPS) is 20.5. The van der Waals surface area contributed by atoms with Crippen LogP contribution in [0.2, 0.25) is 0 Å². The lowest BCUT2D eigenvalue weighted by atomic mass is 10.3. The highest BCUT2D eigenvalue weighted by molar-refractivity contribution is 7.92. The molecule has 0 bridgehead atoms. The van der Waals surface area contributed by atoms with Crippen molar-refractivity contribution in [2.24, 2.45) is 0 Å². The topological polar surface area (TPSA) is 77.9 Å². The monoisotopic (exact) mass is 278 g/mol. The molecule has 1 saturated heterocycles. The Morgan fingerprint density at radius 3 is 2.50 bits per heavy atom. The zero-order valence-electron chi connectivity index (χ0n) is 11.0. The highest BCUT2D eigenvalue weighted by Gasteiger charge is 2.29. The van der Waals surface area contributed by atoms with Crippen LogP contribution in [0.5, 0.6) is 0 Å². The fourth-order valence-electron chi connectivity index (χ4n) is 2.00. The van der Waals surface area contributed by atoms with E-state index in [1.165, 1.54) is 6.92 Å². The predicted molar refractivity (Wildman–Crippen MR) is 69.0 cm³/mol. The van der Waals surface area contributed by atoms with Gasteiger partial charge in [0.25, 0.3) is 0 Å². The van der Waals surface area contributed by atoms with Gasteiger partial charge in [0.2, 0.25) is 5.91 Å². The Bertz CT molecular complexity index is 383. The summed E-state index contributed by atoms with van der Waals surface area (Å²) in [5, 5.41) is 7.91. The summed E-state index contributed by atoms with van der Waals surface area (Å²) in [5.74, 6) is -0.316. The zero-order chi connectivity index (χ0) is 13.8. The third-order valence-corrected chi connectivity index (χ3v) is 4.79. The van der Waals surface area contributed by atoms with Crippen LogP contribution < -0.4 is 0 Å². The zero-order valence-corrected chi connectivity index (χ0v) is 11.8. The molecule has 1 fully saturated rings. The van der Waals surface area contributed by atoms with Crippen LogP contribution >= 0.6 is 0 Å². The quantitative estimate of drug-likeness (QED) is 0.710. The molecule has 106 valence electrons. The molecular weight excluding hydrogens is 256 g/mol. The Balaban J connectivity index is 2.60. The number of nitrogens with zero attached hydrogens (tertiary/aromatic N) is 2. The molecule has 1 rings (SSSR count). The van der Waals surface area contributed by atoms with Crippen molar-refractivity contribution in [2.75, 3.05) is 45.6 Å². The van der Waals surface area contributed by atoms with Crippen LogP contribution in [-0.2, 0) is 14.6 Å². The van der Waals surface area contributed by atoms with Crippen molar-refractivity contribution in [1.82, 2.24) is 9.80 Å². The molecule has 1 unspecified atom stereocenters. The second kappa shape index (κ2) is 6.49. The van der Waals surface area contributed by atoms with Gasteiger partial charge in [-0.3, -0.25) is 9.69 Å². The van der Waals surface area contributed by atoms with Crippen molar-refractivity contribution < 1.29 is 18.3 Å². The maximum Gasteiger partial charge on any atom is 0.240 e. The third-order valence-electron chi connectivity index (χ3n) is 3.31. The van der Waals surface area contributed by atoms with Gasteiger partial charge in [-0.1, -0.05) is 0 Å². The first-order chi connectivity index (χ1) is 8.36. The molecule has 1 aliphatic heterocycles. The molecule has 0 aromatic rings. The molecule has 1 heterocycles. The van der Waals surface area contributed by atoms with Crippen molar-refractivity contribution in [3.8, 4) is 0 Å². The molecule has 0 aromatic heterocycles. The van der Waals surface area contributed by atoms with Crippen LogP contribution in [0.3, 0.4) is 0 Å². The van der Waals surface area contributed by atoms with E-state index in [9.17, 15) is 13.2 Å².